The zero-order valence-electron chi connectivity index (χ0n) is 12.0. The van der Waals surface area contributed by atoms with Crippen molar-refractivity contribution in [2.24, 2.45) is 0 Å². The third-order valence-corrected chi connectivity index (χ3v) is 3.96. The highest BCUT2D eigenvalue weighted by Gasteiger charge is 2.12. The first-order valence-corrected chi connectivity index (χ1v) is 7.73. The Hall–Kier alpha value is -2.21. The van der Waals surface area contributed by atoms with Gasteiger partial charge in [-0.3, -0.25) is 0 Å². The number of nitrogens with one attached hydrogen (secondary N) is 1. The molecule has 0 fully saturated rings. The minimum atomic E-state index is 0.361. The van der Waals surface area contributed by atoms with E-state index in [9.17, 15) is 0 Å². The predicted molar refractivity (Wildman–Crippen MR) is 86.0 cm³/mol. The summed E-state index contributed by atoms with van der Waals surface area (Å²) in [7, 11) is 1.79. The highest BCUT2D eigenvalue weighted by atomic mass is 32.1. The molecule has 0 aliphatic rings. The number of rotatable bonds is 5. The third kappa shape index (κ3) is 2.80. The van der Waals surface area contributed by atoms with Crippen LogP contribution in [0.2, 0.25) is 0 Å². The van der Waals surface area contributed by atoms with E-state index in [-0.39, 0.29) is 0 Å². The Morgan fingerprint density at radius 3 is 2.90 bits per heavy atom. The van der Waals surface area contributed by atoms with Gasteiger partial charge < -0.3 is 10.1 Å². The zero-order chi connectivity index (χ0) is 14.7. The van der Waals surface area contributed by atoms with Crippen LogP contribution in [-0.4, -0.2) is 28.6 Å². The van der Waals surface area contributed by atoms with Crippen LogP contribution in [0, 0.1) is 0 Å². The SMILES string of the molecule is CCCOc1nc(NC)nc(-c2cccc3ccsc23)n1. The molecule has 108 valence electrons. The Morgan fingerprint density at radius 2 is 2.10 bits per heavy atom. The number of thiophene rings is 1. The van der Waals surface area contributed by atoms with Gasteiger partial charge in [0.05, 0.1) is 6.61 Å². The molecule has 5 nitrogen and oxygen atoms in total. The van der Waals surface area contributed by atoms with E-state index in [4.69, 9.17) is 4.74 Å². The first kappa shape index (κ1) is 13.8. The molecule has 0 aliphatic carbocycles. The standard InChI is InChI=1S/C15H16N4OS/c1-3-8-20-15-18-13(17-14(16-2)19-15)11-6-4-5-10-7-9-21-12(10)11/h4-7,9H,3,8H2,1-2H3,(H,16,17,18,19). The van der Waals surface area contributed by atoms with Crippen molar-refractivity contribution in [2.45, 2.75) is 13.3 Å². The van der Waals surface area contributed by atoms with Crippen LogP contribution in [0.1, 0.15) is 13.3 Å². The van der Waals surface area contributed by atoms with E-state index < -0.39 is 0 Å². The molecular formula is C15H16N4OS. The molecule has 6 heteroatoms. The molecule has 21 heavy (non-hydrogen) atoms. The van der Waals surface area contributed by atoms with E-state index in [2.05, 4.69) is 37.8 Å². The summed E-state index contributed by atoms with van der Waals surface area (Å²) in [4.78, 5) is 13.1. The number of aromatic nitrogens is 3. The Bertz CT molecular complexity index is 756. The lowest BCUT2D eigenvalue weighted by Crippen LogP contribution is -2.06. The summed E-state index contributed by atoms with van der Waals surface area (Å²) in [5, 5.41) is 6.22. The Kier molecular flexibility index (Phi) is 3.96. The number of anilines is 1. The monoisotopic (exact) mass is 300 g/mol. The molecule has 2 heterocycles. The maximum Gasteiger partial charge on any atom is 0.321 e. The minimum absolute atomic E-state index is 0.361. The summed E-state index contributed by atoms with van der Waals surface area (Å²) >= 11 is 1.68. The second kappa shape index (κ2) is 6.05. The molecule has 0 saturated carbocycles. The molecule has 0 amide bonds. The second-order valence-corrected chi connectivity index (χ2v) is 5.42. The summed E-state index contributed by atoms with van der Waals surface area (Å²) in [6.07, 6.45) is 0.913. The minimum Gasteiger partial charge on any atom is -0.463 e. The molecule has 1 N–H and O–H groups in total. The van der Waals surface area contributed by atoms with Crippen LogP contribution in [-0.2, 0) is 0 Å². The van der Waals surface area contributed by atoms with Gasteiger partial charge in [0.1, 0.15) is 0 Å². The molecule has 0 saturated heterocycles. The van der Waals surface area contributed by atoms with Gasteiger partial charge in [0.15, 0.2) is 5.82 Å². The number of fused-ring (bicyclic) bond motifs is 1. The van der Waals surface area contributed by atoms with Crippen molar-refractivity contribution in [3.8, 4) is 17.4 Å². The van der Waals surface area contributed by atoms with Crippen molar-refractivity contribution in [3.63, 3.8) is 0 Å². The fraction of sp³-hybridized carbons (Fsp3) is 0.267. The Morgan fingerprint density at radius 1 is 1.19 bits per heavy atom. The highest BCUT2D eigenvalue weighted by molar-refractivity contribution is 7.17. The maximum atomic E-state index is 5.55. The van der Waals surface area contributed by atoms with Crippen molar-refractivity contribution in [3.05, 3.63) is 29.6 Å². The van der Waals surface area contributed by atoms with Gasteiger partial charge in [0, 0.05) is 17.3 Å². The van der Waals surface area contributed by atoms with Crippen LogP contribution in [0.3, 0.4) is 0 Å². The smallest absolute Gasteiger partial charge is 0.321 e. The van der Waals surface area contributed by atoms with Crippen molar-refractivity contribution in [1.29, 1.82) is 0 Å². The molecule has 1 aromatic carbocycles. The fourth-order valence-electron chi connectivity index (χ4n) is 2.02. The summed E-state index contributed by atoms with van der Waals surface area (Å²) in [6, 6.07) is 8.58. The largest absolute Gasteiger partial charge is 0.463 e. The summed E-state index contributed by atoms with van der Waals surface area (Å²) < 4.78 is 6.73. The van der Waals surface area contributed by atoms with E-state index in [1.807, 2.05) is 19.1 Å². The van der Waals surface area contributed by atoms with Gasteiger partial charge in [0.25, 0.3) is 0 Å². The molecule has 3 aromatic rings. The van der Waals surface area contributed by atoms with Crippen molar-refractivity contribution in [1.82, 2.24) is 15.0 Å². The number of nitrogens with zero attached hydrogens (tertiary/aromatic N) is 3. The number of benzene rings is 1. The van der Waals surface area contributed by atoms with Gasteiger partial charge in [-0.15, -0.1) is 11.3 Å². The van der Waals surface area contributed by atoms with Gasteiger partial charge in [-0.1, -0.05) is 19.1 Å². The lowest BCUT2D eigenvalue weighted by atomic mass is 10.1. The van der Waals surface area contributed by atoms with Crippen LogP contribution in [0.5, 0.6) is 6.01 Å². The molecular weight excluding hydrogens is 284 g/mol. The van der Waals surface area contributed by atoms with Crippen LogP contribution in [0.15, 0.2) is 29.6 Å². The van der Waals surface area contributed by atoms with Crippen molar-refractivity contribution >= 4 is 27.4 Å². The van der Waals surface area contributed by atoms with Gasteiger partial charge in [-0.2, -0.15) is 15.0 Å². The maximum absolute atomic E-state index is 5.55. The van der Waals surface area contributed by atoms with Gasteiger partial charge >= 0.3 is 6.01 Å². The number of hydrogen-bond acceptors (Lipinski definition) is 6. The Balaban J connectivity index is 2.10. The molecule has 0 aliphatic heterocycles. The van der Waals surface area contributed by atoms with E-state index >= 15 is 0 Å². The van der Waals surface area contributed by atoms with Crippen LogP contribution in [0.4, 0.5) is 5.95 Å². The van der Waals surface area contributed by atoms with Gasteiger partial charge in [0.2, 0.25) is 5.95 Å². The van der Waals surface area contributed by atoms with Crippen LogP contribution >= 0.6 is 11.3 Å². The molecule has 0 atom stereocenters. The lowest BCUT2D eigenvalue weighted by Gasteiger charge is -2.08. The average molecular weight is 300 g/mol. The van der Waals surface area contributed by atoms with E-state index in [1.54, 1.807) is 18.4 Å². The zero-order valence-corrected chi connectivity index (χ0v) is 12.8. The fourth-order valence-corrected chi connectivity index (χ4v) is 2.92. The van der Waals surface area contributed by atoms with E-state index in [1.165, 1.54) is 10.1 Å². The molecule has 0 bridgehead atoms. The summed E-state index contributed by atoms with van der Waals surface area (Å²) in [5.74, 6) is 1.15. The van der Waals surface area contributed by atoms with Gasteiger partial charge in [-0.05, 0) is 29.3 Å². The summed E-state index contributed by atoms with van der Waals surface area (Å²) in [6.45, 7) is 2.64. The van der Waals surface area contributed by atoms with Crippen molar-refractivity contribution < 1.29 is 4.74 Å². The predicted octanol–water partition coefficient (Wildman–Crippen LogP) is 3.58. The third-order valence-electron chi connectivity index (χ3n) is 2.99. The van der Waals surface area contributed by atoms with Crippen LogP contribution < -0.4 is 10.1 Å². The highest BCUT2D eigenvalue weighted by Crippen LogP contribution is 2.31. The molecule has 0 radical (unpaired) electrons. The van der Waals surface area contributed by atoms with E-state index in [0.29, 0.717) is 24.4 Å². The van der Waals surface area contributed by atoms with Crippen LogP contribution in [0.25, 0.3) is 21.5 Å². The summed E-state index contributed by atoms with van der Waals surface area (Å²) in [5.41, 5.74) is 1.00. The molecule has 0 spiro atoms. The second-order valence-electron chi connectivity index (χ2n) is 4.51. The lowest BCUT2D eigenvalue weighted by molar-refractivity contribution is 0.292. The van der Waals surface area contributed by atoms with Gasteiger partial charge in [-0.25, -0.2) is 0 Å². The van der Waals surface area contributed by atoms with E-state index in [0.717, 1.165) is 12.0 Å². The number of hydrogen-bond donors (Lipinski definition) is 1. The normalized spacial score (nSPS) is 10.8. The number of ether oxygens (including phenoxy) is 1. The Labute approximate surface area is 127 Å². The quantitative estimate of drug-likeness (QED) is 0.780. The average Bonchev–Trinajstić information content (AvgIpc) is 3.01. The first-order chi connectivity index (χ1) is 10.3. The molecule has 0 unspecified atom stereocenters. The molecule has 3 rings (SSSR count). The molecule has 2 aromatic heterocycles. The topological polar surface area (TPSA) is 59.9 Å². The van der Waals surface area contributed by atoms with Crippen molar-refractivity contribution in [2.75, 3.05) is 19.0 Å². The first-order valence-electron chi connectivity index (χ1n) is 6.85.